The molecule has 2 N–H and O–H groups in total. The smallest absolute Gasteiger partial charge is 0.329 e. The number of carboxylic acids is 1. The summed E-state index contributed by atoms with van der Waals surface area (Å²) < 4.78 is 5.64. The molecule has 23 heavy (non-hydrogen) atoms. The minimum absolute atomic E-state index is 0.199. The molecular weight excluding hydrogens is 294 g/mol. The van der Waals surface area contributed by atoms with E-state index in [1.807, 2.05) is 25.1 Å². The molecule has 0 radical (unpaired) electrons. The first-order chi connectivity index (χ1) is 10.9. The highest BCUT2D eigenvalue weighted by Crippen LogP contribution is 2.33. The Hall–Kier alpha value is -2.30. The van der Waals surface area contributed by atoms with Crippen LogP contribution in [0.2, 0.25) is 0 Å². The number of benzene rings is 1. The molecule has 2 aromatic rings. The van der Waals surface area contributed by atoms with Crippen molar-refractivity contribution in [2.75, 3.05) is 0 Å². The Bertz CT molecular complexity index is 753. The average molecular weight is 315 g/mol. The Labute approximate surface area is 134 Å². The van der Waals surface area contributed by atoms with Crippen LogP contribution >= 0.6 is 0 Å². The lowest BCUT2D eigenvalue weighted by Crippen LogP contribution is -2.56. The third kappa shape index (κ3) is 2.71. The molecule has 5 nitrogen and oxygen atoms in total. The van der Waals surface area contributed by atoms with E-state index in [0.717, 1.165) is 23.8 Å². The van der Waals surface area contributed by atoms with Gasteiger partial charge in [-0.3, -0.25) is 4.79 Å². The van der Waals surface area contributed by atoms with Crippen LogP contribution in [0, 0.1) is 12.8 Å². The summed E-state index contributed by atoms with van der Waals surface area (Å²) >= 11 is 0. The van der Waals surface area contributed by atoms with Crippen LogP contribution in [0.4, 0.5) is 0 Å². The van der Waals surface area contributed by atoms with Gasteiger partial charge in [0.1, 0.15) is 11.1 Å². The zero-order valence-electron chi connectivity index (χ0n) is 13.4. The molecule has 0 aliphatic heterocycles. The van der Waals surface area contributed by atoms with Crippen molar-refractivity contribution in [2.45, 2.75) is 45.1 Å². The summed E-state index contributed by atoms with van der Waals surface area (Å²) in [4.78, 5) is 24.4. The number of hydrogen-bond donors (Lipinski definition) is 2. The number of rotatable bonds is 3. The van der Waals surface area contributed by atoms with Gasteiger partial charge in [0.25, 0.3) is 5.91 Å². The van der Waals surface area contributed by atoms with Gasteiger partial charge in [-0.05, 0) is 44.6 Å². The molecule has 1 aromatic heterocycles. The maximum absolute atomic E-state index is 12.6. The Kier molecular flexibility index (Phi) is 3.88. The number of hydrogen-bond acceptors (Lipinski definition) is 3. The first-order valence-electron chi connectivity index (χ1n) is 7.97. The first kappa shape index (κ1) is 15.6. The van der Waals surface area contributed by atoms with Crippen molar-refractivity contribution in [3.63, 3.8) is 0 Å². The minimum atomic E-state index is -1.19. The van der Waals surface area contributed by atoms with Gasteiger partial charge in [-0.15, -0.1) is 0 Å². The molecule has 0 saturated heterocycles. The van der Waals surface area contributed by atoms with E-state index < -0.39 is 17.4 Å². The number of aliphatic carboxylic acids is 1. The van der Waals surface area contributed by atoms with Crippen molar-refractivity contribution < 1.29 is 19.1 Å². The maximum Gasteiger partial charge on any atom is 0.329 e. The molecule has 3 rings (SSSR count). The SMILES string of the molecule is Cc1c(C(=O)NC2(C(=O)O)CCC(C)CC2)oc2ccccc12. The summed E-state index contributed by atoms with van der Waals surface area (Å²) in [5.41, 5.74) is 0.189. The normalized spacial score (nSPS) is 24.5. The number of carbonyl (C=O) groups excluding carboxylic acids is 1. The van der Waals surface area contributed by atoms with Gasteiger partial charge in [0.15, 0.2) is 5.76 Å². The molecule has 122 valence electrons. The van der Waals surface area contributed by atoms with E-state index in [4.69, 9.17) is 4.42 Å². The fraction of sp³-hybridized carbons (Fsp3) is 0.444. The summed E-state index contributed by atoms with van der Waals surface area (Å²) in [7, 11) is 0. The Balaban J connectivity index is 1.89. The second kappa shape index (κ2) is 5.72. The average Bonchev–Trinajstić information content (AvgIpc) is 2.87. The molecule has 1 fully saturated rings. The van der Waals surface area contributed by atoms with Gasteiger partial charge >= 0.3 is 5.97 Å². The second-order valence-corrected chi connectivity index (χ2v) is 6.58. The van der Waals surface area contributed by atoms with Gasteiger partial charge in [-0.25, -0.2) is 4.79 Å². The Morgan fingerprint density at radius 2 is 1.91 bits per heavy atom. The van der Waals surface area contributed by atoms with Gasteiger partial charge in [0, 0.05) is 10.9 Å². The van der Waals surface area contributed by atoms with E-state index in [9.17, 15) is 14.7 Å². The number of amides is 1. The van der Waals surface area contributed by atoms with Crippen LogP contribution in [0.1, 0.15) is 48.7 Å². The fourth-order valence-electron chi connectivity index (χ4n) is 3.31. The highest BCUT2D eigenvalue weighted by atomic mass is 16.4. The van der Waals surface area contributed by atoms with Crippen molar-refractivity contribution in [2.24, 2.45) is 5.92 Å². The van der Waals surface area contributed by atoms with E-state index in [-0.39, 0.29) is 5.76 Å². The lowest BCUT2D eigenvalue weighted by atomic mass is 9.77. The maximum atomic E-state index is 12.6. The fourth-order valence-corrected chi connectivity index (χ4v) is 3.31. The standard InChI is InChI=1S/C18H21NO4/c1-11-7-9-18(10-8-11,17(21)22)19-16(20)15-12(2)13-5-3-4-6-14(13)23-15/h3-6,11H,7-10H2,1-2H3,(H,19,20)(H,21,22). The molecule has 1 heterocycles. The summed E-state index contributed by atoms with van der Waals surface area (Å²) in [6.45, 7) is 3.92. The number of carbonyl (C=O) groups is 2. The van der Waals surface area contributed by atoms with E-state index in [1.54, 1.807) is 6.07 Å². The molecule has 1 saturated carbocycles. The molecule has 5 heteroatoms. The van der Waals surface area contributed by atoms with Crippen molar-refractivity contribution in [1.29, 1.82) is 0 Å². The number of para-hydroxylation sites is 1. The van der Waals surface area contributed by atoms with Crippen LogP contribution in [0.5, 0.6) is 0 Å². The minimum Gasteiger partial charge on any atom is -0.480 e. The van der Waals surface area contributed by atoms with Crippen molar-refractivity contribution in [3.8, 4) is 0 Å². The Morgan fingerprint density at radius 1 is 1.26 bits per heavy atom. The predicted molar refractivity (Wildman–Crippen MR) is 86.4 cm³/mol. The Morgan fingerprint density at radius 3 is 2.52 bits per heavy atom. The third-order valence-corrected chi connectivity index (χ3v) is 4.94. The molecular formula is C18H21NO4. The molecule has 1 aliphatic carbocycles. The van der Waals surface area contributed by atoms with Gasteiger partial charge < -0.3 is 14.8 Å². The van der Waals surface area contributed by atoms with Crippen LogP contribution < -0.4 is 5.32 Å². The topological polar surface area (TPSA) is 79.5 Å². The van der Waals surface area contributed by atoms with E-state index in [2.05, 4.69) is 12.2 Å². The molecule has 0 atom stereocenters. The van der Waals surface area contributed by atoms with Gasteiger partial charge in [0.05, 0.1) is 0 Å². The molecule has 0 unspecified atom stereocenters. The van der Waals surface area contributed by atoms with Gasteiger partial charge in [0.2, 0.25) is 0 Å². The lowest BCUT2D eigenvalue weighted by molar-refractivity contribution is -0.146. The molecule has 0 spiro atoms. The number of nitrogens with one attached hydrogen (secondary N) is 1. The number of carboxylic acid groups (broad SMARTS) is 1. The van der Waals surface area contributed by atoms with Crippen molar-refractivity contribution >= 4 is 22.8 Å². The summed E-state index contributed by atoms with van der Waals surface area (Å²) in [5, 5.41) is 13.2. The molecule has 1 aliphatic rings. The number of furan rings is 1. The lowest BCUT2D eigenvalue weighted by Gasteiger charge is -2.36. The monoisotopic (exact) mass is 315 g/mol. The number of aryl methyl sites for hydroxylation is 1. The zero-order valence-corrected chi connectivity index (χ0v) is 13.4. The van der Waals surface area contributed by atoms with E-state index >= 15 is 0 Å². The zero-order chi connectivity index (χ0) is 16.6. The molecule has 1 amide bonds. The van der Waals surface area contributed by atoms with E-state index in [0.29, 0.717) is 24.3 Å². The number of fused-ring (bicyclic) bond motifs is 1. The van der Waals surface area contributed by atoms with E-state index in [1.165, 1.54) is 0 Å². The first-order valence-corrected chi connectivity index (χ1v) is 7.97. The van der Waals surface area contributed by atoms with Crippen LogP contribution in [0.25, 0.3) is 11.0 Å². The van der Waals surface area contributed by atoms with Crippen LogP contribution in [-0.4, -0.2) is 22.5 Å². The second-order valence-electron chi connectivity index (χ2n) is 6.58. The predicted octanol–water partition coefficient (Wildman–Crippen LogP) is 3.50. The highest BCUT2D eigenvalue weighted by Gasteiger charge is 2.43. The van der Waals surface area contributed by atoms with Crippen molar-refractivity contribution in [1.82, 2.24) is 5.32 Å². The largest absolute Gasteiger partial charge is 0.480 e. The quantitative estimate of drug-likeness (QED) is 0.908. The molecule has 0 bridgehead atoms. The van der Waals surface area contributed by atoms with Gasteiger partial charge in [-0.2, -0.15) is 0 Å². The van der Waals surface area contributed by atoms with Crippen molar-refractivity contribution in [3.05, 3.63) is 35.6 Å². The summed E-state index contributed by atoms with van der Waals surface area (Å²) in [5.74, 6) is -0.722. The highest BCUT2D eigenvalue weighted by molar-refractivity contribution is 6.01. The summed E-state index contributed by atoms with van der Waals surface area (Å²) in [6.07, 6.45) is 2.50. The molecule has 1 aromatic carbocycles. The summed E-state index contributed by atoms with van der Waals surface area (Å²) in [6, 6.07) is 7.41. The van der Waals surface area contributed by atoms with Gasteiger partial charge in [-0.1, -0.05) is 25.1 Å². The van der Waals surface area contributed by atoms with Crippen LogP contribution in [0.15, 0.2) is 28.7 Å². The van der Waals surface area contributed by atoms with Crippen LogP contribution in [0.3, 0.4) is 0 Å². The third-order valence-electron chi connectivity index (χ3n) is 4.94. The van der Waals surface area contributed by atoms with Crippen LogP contribution in [-0.2, 0) is 4.79 Å².